The second-order valence-corrected chi connectivity index (χ2v) is 14.4. The number of rotatable bonds is 8. The first-order valence-corrected chi connectivity index (χ1v) is 20.8. The zero-order chi connectivity index (χ0) is 43.2. The number of aromatic nitrogens is 2. The molecule has 10 rings (SSSR count). The number of pyridine rings is 2. The molecule has 2 saturated heterocycles. The van der Waals surface area contributed by atoms with Gasteiger partial charge in [-0.25, -0.2) is 9.59 Å². The van der Waals surface area contributed by atoms with Crippen LogP contribution in [0.3, 0.4) is 0 Å². The molecule has 20 heteroatoms. The van der Waals surface area contributed by atoms with E-state index in [9.17, 15) is 28.8 Å². The van der Waals surface area contributed by atoms with Crippen molar-refractivity contribution < 1.29 is 78.1 Å². The molecule has 8 amide bonds. The Morgan fingerprint density at radius 3 is 1.61 bits per heavy atom. The standard InChI is InChI=1S/C21H18N4O5.C20H16N4O5.CH3I.Na.H/c1-24-19(27)21(23-20(24)28,17-9-15-16(30-17)4-3-7-22-15)11-25-10-12-5-6-13(29-2)8-14(12)18(25)26;1-28-12-5-4-11-9-24(17(25)13(11)7-12)10-20(18(26)22-19(27)23-20)16-8-14-15(29-16)3-2-6-21-14;1-2;;/h3-9H,10-11H2,1-2H3,(H,23,28);2-8H,9-10H2,1H3,(H2,22,23,26,27);1H3;;/q;;;+1;-1/t21-;20-;;;/m00.../s1. The molecule has 8 heterocycles. The summed E-state index contributed by atoms with van der Waals surface area (Å²) in [7, 11) is 4.46. The van der Waals surface area contributed by atoms with E-state index in [1.165, 1.54) is 31.1 Å². The molecule has 0 radical (unpaired) electrons. The summed E-state index contributed by atoms with van der Waals surface area (Å²) in [5.74, 6) is 0.0402. The van der Waals surface area contributed by atoms with Crippen LogP contribution in [0, 0.1) is 0 Å². The third kappa shape index (κ3) is 7.51. The van der Waals surface area contributed by atoms with Crippen molar-refractivity contribution in [1.82, 2.24) is 40.6 Å². The minimum atomic E-state index is -1.54. The molecular formula is C42H38IN8NaO10. The van der Waals surface area contributed by atoms with Crippen LogP contribution in [0.4, 0.5) is 9.59 Å². The molecule has 2 atom stereocenters. The zero-order valence-corrected chi connectivity index (χ0v) is 38.3. The van der Waals surface area contributed by atoms with E-state index >= 15 is 0 Å². The van der Waals surface area contributed by atoms with Gasteiger partial charge in [-0.15, -0.1) is 0 Å². The van der Waals surface area contributed by atoms with Crippen molar-refractivity contribution >= 4 is 80.5 Å². The SMILES string of the molecule is CI.COc1ccc2c(c1)C(=O)N(C[C@@]1(c3cc4ncccc4o3)NC(=O)N(C)C1=O)C2.COc1ccc2c(c1)C(=O)N(C[C@@]1(c3cc4ncccc4o3)NC(=O)NC1=O)C2.[H-].[Na+]. The molecule has 0 unspecified atom stereocenters. The molecule has 6 aromatic rings. The van der Waals surface area contributed by atoms with Crippen LogP contribution in [-0.4, -0.2) is 99.6 Å². The van der Waals surface area contributed by atoms with E-state index < -0.39 is 35.0 Å². The Morgan fingerprint density at radius 2 is 1.19 bits per heavy atom. The molecule has 4 aliphatic rings. The van der Waals surface area contributed by atoms with E-state index in [0.29, 0.717) is 57.9 Å². The number of carbonyl (C=O) groups is 6. The molecular weight excluding hydrogens is 926 g/mol. The smallest absolute Gasteiger partial charge is 1.00 e. The number of likely N-dealkylation sites (N-methyl/N-ethyl adjacent to an activating group) is 1. The molecule has 18 nitrogen and oxygen atoms in total. The van der Waals surface area contributed by atoms with Gasteiger partial charge in [0, 0.05) is 55.8 Å². The number of hydrogen-bond acceptors (Lipinski definition) is 12. The van der Waals surface area contributed by atoms with Gasteiger partial charge in [0.25, 0.3) is 23.6 Å². The van der Waals surface area contributed by atoms with Crippen LogP contribution in [0.1, 0.15) is 44.8 Å². The molecule has 62 heavy (non-hydrogen) atoms. The summed E-state index contributed by atoms with van der Waals surface area (Å²) in [6.07, 6.45) is 3.22. The zero-order valence-electron chi connectivity index (χ0n) is 35.1. The molecule has 0 bridgehead atoms. The van der Waals surface area contributed by atoms with Gasteiger partial charge in [0.05, 0.1) is 27.3 Å². The monoisotopic (exact) mass is 964 g/mol. The predicted octanol–water partition coefficient (Wildman–Crippen LogP) is 1.56. The average molecular weight is 965 g/mol. The number of fused-ring (bicyclic) bond motifs is 4. The second kappa shape index (κ2) is 17.4. The maximum Gasteiger partial charge on any atom is 1.00 e. The van der Waals surface area contributed by atoms with Crippen molar-refractivity contribution in [3.63, 3.8) is 0 Å². The topological polar surface area (TPSA) is 219 Å². The Bertz CT molecular complexity index is 2740. The van der Waals surface area contributed by atoms with Crippen molar-refractivity contribution in [1.29, 1.82) is 0 Å². The number of nitrogens with one attached hydrogen (secondary N) is 3. The van der Waals surface area contributed by atoms with E-state index in [1.54, 1.807) is 73.1 Å². The van der Waals surface area contributed by atoms with Gasteiger partial charge >= 0.3 is 41.6 Å². The molecule has 3 N–H and O–H groups in total. The van der Waals surface area contributed by atoms with Crippen LogP contribution in [0.15, 0.2) is 94.0 Å². The van der Waals surface area contributed by atoms with Crippen molar-refractivity contribution in [2.24, 2.45) is 0 Å². The largest absolute Gasteiger partial charge is 1.00 e. The van der Waals surface area contributed by atoms with Gasteiger partial charge in [0.1, 0.15) is 34.1 Å². The number of hydrogen-bond donors (Lipinski definition) is 3. The maximum atomic E-state index is 13.2. The third-order valence-electron chi connectivity index (χ3n) is 10.9. The Labute approximate surface area is 390 Å². The first kappa shape index (κ1) is 44.0. The molecule has 314 valence electrons. The summed E-state index contributed by atoms with van der Waals surface area (Å²) in [4.78, 5) is 90.9. The van der Waals surface area contributed by atoms with Gasteiger partial charge in [-0.1, -0.05) is 34.7 Å². The minimum absolute atomic E-state index is 0. The third-order valence-corrected chi connectivity index (χ3v) is 10.9. The van der Waals surface area contributed by atoms with Crippen LogP contribution in [0.2, 0.25) is 0 Å². The van der Waals surface area contributed by atoms with E-state index in [4.69, 9.17) is 18.3 Å². The number of methoxy groups -OCH3 is 2. The number of benzene rings is 2. The number of halogens is 1. The summed E-state index contributed by atoms with van der Waals surface area (Å²) >= 11 is 2.15. The quantitative estimate of drug-likeness (QED) is 0.0858. The van der Waals surface area contributed by atoms with Gasteiger partial charge in [-0.2, -0.15) is 0 Å². The van der Waals surface area contributed by atoms with E-state index in [0.717, 1.165) is 16.0 Å². The predicted molar refractivity (Wildman–Crippen MR) is 226 cm³/mol. The van der Waals surface area contributed by atoms with Gasteiger partial charge in [-0.3, -0.25) is 39.4 Å². The first-order chi connectivity index (χ1) is 29.4. The Balaban J connectivity index is 0.000000196. The molecule has 0 aliphatic carbocycles. The van der Waals surface area contributed by atoms with Crippen LogP contribution in [0.5, 0.6) is 11.5 Å². The van der Waals surface area contributed by atoms with Gasteiger partial charge in [0.15, 0.2) is 22.2 Å². The van der Waals surface area contributed by atoms with Crippen LogP contribution in [0.25, 0.3) is 22.2 Å². The number of nitrogens with zero attached hydrogens (tertiary/aromatic N) is 5. The normalized spacial score (nSPS) is 19.9. The van der Waals surface area contributed by atoms with Gasteiger partial charge in [0.2, 0.25) is 0 Å². The maximum absolute atomic E-state index is 13.2. The van der Waals surface area contributed by atoms with Crippen molar-refractivity contribution in [3.8, 4) is 11.5 Å². The fourth-order valence-electron chi connectivity index (χ4n) is 7.83. The number of ether oxygens (including phenoxy) is 2. The summed E-state index contributed by atoms with van der Waals surface area (Å²) in [5.41, 5.74) is 1.68. The molecule has 4 aromatic heterocycles. The fourth-order valence-corrected chi connectivity index (χ4v) is 7.83. The summed E-state index contributed by atoms with van der Waals surface area (Å²) in [5, 5.41) is 7.64. The number of alkyl halides is 1. The number of furan rings is 2. The Kier molecular flexibility index (Phi) is 12.3. The molecule has 2 fully saturated rings. The summed E-state index contributed by atoms with van der Waals surface area (Å²) < 4.78 is 22.1. The van der Waals surface area contributed by atoms with Gasteiger partial charge in [-0.05, 0) is 64.6 Å². The Hall–Kier alpha value is -6.03. The van der Waals surface area contributed by atoms with E-state index in [1.807, 2.05) is 17.1 Å². The number of imide groups is 2. The molecule has 0 saturated carbocycles. The van der Waals surface area contributed by atoms with Gasteiger partial charge < -0.3 is 40.2 Å². The van der Waals surface area contributed by atoms with Crippen molar-refractivity contribution in [2.75, 3.05) is 39.3 Å². The first-order valence-electron chi connectivity index (χ1n) is 18.7. The van der Waals surface area contributed by atoms with Crippen molar-refractivity contribution in [3.05, 3.63) is 119 Å². The molecule has 0 spiro atoms. The van der Waals surface area contributed by atoms with E-state index in [-0.39, 0.29) is 67.4 Å². The fraction of sp³-hybridized carbons (Fsp3) is 0.238. The van der Waals surface area contributed by atoms with Crippen molar-refractivity contribution in [2.45, 2.75) is 24.2 Å². The summed E-state index contributed by atoms with van der Waals surface area (Å²) in [6, 6.07) is 19.5. The van der Waals surface area contributed by atoms with Crippen LogP contribution in [-0.2, 0) is 33.8 Å². The second-order valence-electron chi connectivity index (χ2n) is 14.4. The number of amides is 8. The number of urea groups is 2. The van der Waals surface area contributed by atoms with Crippen LogP contribution >= 0.6 is 22.6 Å². The van der Waals surface area contributed by atoms with E-state index in [2.05, 4.69) is 48.5 Å². The molecule has 2 aromatic carbocycles. The molecule has 4 aliphatic heterocycles. The summed E-state index contributed by atoms with van der Waals surface area (Å²) in [6.45, 7) is 0.463. The number of carbonyl (C=O) groups excluding carboxylic acids is 6. The van der Waals surface area contributed by atoms with Crippen LogP contribution < -0.4 is 55.0 Å². The Morgan fingerprint density at radius 1 is 0.710 bits per heavy atom. The minimum Gasteiger partial charge on any atom is -1.00 e. The average Bonchev–Trinajstić information content (AvgIpc) is 4.12.